The number of nitrogens with zero attached hydrogens (tertiary/aromatic N) is 4. The van der Waals surface area contributed by atoms with Crippen molar-refractivity contribution in [3.05, 3.63) is 34.1 Å². The fraction of sp³-hybridized carbons (Fsp3) is 0.529. The molecular weight excluding hydrogens is 340 g/mol. The average Bonchev–Trinajstić information content (AvgIpc) is 3.21. The van der Waals surface area contributed by atoms with Crippen molar-refractivity contribution in [1.29, 1.82) is 0 Å². The summed E-state index contributed by atoms with van der Waals surface area (Å²) >= 11 is 0. The topological polar surface area (TPSA) is 101 Å². The van der Waals surface area contributed by atoms with E-state index in [2.05, 4.69) is 10.0 Å². The van der Waals surface area contributed by atoms with E-state index in [1.807, 2.05) is 0 Å². The molecule has 140 valence electrons. The van der Waals surface area contributed by atoms with Gasteiger partial charge < -0.3 is 9.15 Å². The Morgan fingerprint density at radius 2 is 2.15 bits per heavy atom. The molecule has 3 rings (SSSR count). The molecule has 9 nitrogen and oxygen atoms in total. The molecular formula is C17H22N4O5. The molecule has 2 aliphatic heterocycles. The summed E-state index contributed by atoms with van der Waals surface area (Å²) in [7, 11) is 0. The minimum absolute atomic E-state index is 0.172. The normalized spacial score (nSPS) is 22.2. The number of hydrogen-bond donors (Lipinski definition) is 0. The number of carbonyl (C=O) groups excluding carboxylic acids is 1. The van der Waals surface area contributed by atoms with Gasteiger partial charge in [-0.2, -0.15) is 10.1 Å². The quantitative estimate of drug-likeness (QED) is 0.438. The zero-order valence-electron chi connectivity index (χ0n) is 14.7. The molecule has 1 aromatic heterocycles. The highest BCUT2D eigenvalue weighted by atomic mass is 16.6. The Bertz CT molecular complexity index is 720. The van der Waals surface area contributed by atoms with Crippen LogP contribution in [0.1, 0.15) is 31.9 Å². The fourth-order valence-corrected chi connectivity index (χ4v) is 3.07. The smallest absolute Gasteiger partial charge is 0.433 e. The molecule has 0 bridgehead atoms. The van der Waals surface area contributed by atoms with Crippen LogP contribution in [0, 0.1) is 10.1 Å². The maximum atomic E-state index is 12.0. The Morgan fingerprint density at radius 3 is 2.85 bits per heavy atom. The Labute approximate surface area is 151 Å². The van der Waals surface area contributed by atoms with Gasteiger partial charge in [0, 0.05) is 6.54 Å². The number of carbonyl (C=O) groups is 1. The zero-order valence-corrected chi connectivity index (χ0v) is 14.7. The number of ether oxygens (including phenoxy) is 1. The van der Waals surface area contributed by atoms with Gasteiger partial charge in [0.15, 0.2) is 0 Å². The monoisotopic (exact) mass is 362 g/mol. The highest BCUT2D eigenvalue weighted by molar-refractivity contribution is 5.96. The largest absolute Gasteiger partial charge is 0.441 e. The Balaban J connectivity index is 1.55. The second-order valence-corrected chi connectivity index (χ2v) is 6.46. The number of nitro groups is 1. The second kappa shape index (κ2) is 8.13. The number of piperidine rings is 1. The van der Waals surface area contributed by atoms with Crippen molar-refractivity contribution < 1.29 is 18.9 Å². The zero-order chi connectivity index (χ0) is 18.5. The van der Waals surface area contributed by atoms with Crippen LogP contribution in [0.3, 0.4) is 0 Å². The SMILES string of the molecule is CC(/C=C/c1ccc([N+](=O)[O-])o1)=N/N1C[C@H](CN2CCCCC2)OC1=O. The first-order valence-electron chi connectivity index (χ1n) is 8.69. The molecule has 0 saturated carbocycles. The standard InChI is InChI=1S/C17H22N4O5/c1-13(5-6-14-7-8-16(25-14)21(23)24)18-20-12-15(26-17(20)22)11-19-9-3-2-4-10-19/h5-8,15H,2-4,9-12H2,1H3/b6-5+,18-13-/t15-/m0/s1. The van der Waals surface area contributed by atoms with Crippen molar-refractivity contribution in [3.63, 3.8) is 0 Å². The van der Waals surface area contributed by atoms with Crippen LogP contribution in [0.2, 0.25) is 0 Å². The average molecular weight is 362 g/mol. The lowest BCUT2D eigenvalue weighted by atomic mass is 10.1. The van der Waals surface area contributed by atoms with E-state index in [-0.39, 0.29) is 12.0 Å². The third-order valence-corrected chi connectivity index (χ3v) is 4.33. The lowest BCUT2D eigenvalue weighted by Crippen LogP contribution is -2.37. The van der Waals surface area contributed by atoms with Crippen molar-refractivity contribution in [2.75, 3.05) is 26.2 Å². The molecule has 9 heteroatoms. The summed E-state index contributed by atoms with van der Waals surface area (Å²) in [6.07, 6.45) is 6.23. The summed E-state index contributed by atoms with van der Waals surface area (Å²) in [5.74, 6) is 0.0288. The van der Waals surface area contributed by atoms with Crippen molar-refractivity contribution in [1.82, 2.24) is 9.91 Å². The summed E-state index contributed by atoms with van der Waals surface area (Å²) < 4.78 is 10.4. The van der Waals surface area contributed by atoms with E-state index in [9.17, 15) is 14.9 Å². The Hall–Kier alpha value is -2.68. The van der Waals surface area contributed by atoms with Gasteiger partial charge in [-0.15, -0.1) is 0 Å². The van der Waals surface area contributed by atoms with Gasteiger partial charge in [0.05, 0.1) is 18.3 Å². The number of furan rings is 1. The van der Waals surface area contributed by atoms with Gasteiger partial charge in [-0.25, -0.2) is 4.79 Å². The number of hydrazone groups is 1. The maximum Gasteiger partial charge on any atom is 0.433 e. The van der Waals surface area contributed by atoms with Gasteiger partial charge in [0.2, 0.25) is 0 Å². The van der Waals surface area contributed by atoms with E-state index in [0.29, 0.717) is 18.0 Å². The van der Waals surface area contributed by atoms with Gasteiger partial charge in [0.1, 0.15) is 16.8 Å². The third kappa shape index (κ3) is 4.69. The fourth-order valence-electron chi connectivity index (χ4n) is 3.07. The predicted octanol–water partition coefficient (Wildman–Crippen LogP) is 2.88. The van der Waals surface area contributed by atoms with Crippen LogP contribution < -0.4 is 0 Å². The molecule has 0 spiro atoms. The lowest BCUT2D eigenvalue weighted by molar-refractivity contribution is -0.402. The molecule has 0 unspecified atom stereocenters. The van der Waals surface area contributed by atoms with Gasteiger partial charge in [0.25, 0.3) is 0 Å². The van der Waals surface area contributed by atoms with Crippen molar-refractivity contribution in [2.45, 2.75) is 32.3 Å². The minimum Gasteiger partial charge on any atom is -0.441 e. The van der Waals surface area contributed by atoms with Crippen LogP contribution in [0.15, 0.2) is 27.7 Å². The van der Waals surface area contributed by atoms with Crippen LogP contribution in [0.25, 0.3) is 6.08 Å². The molecule has 26 heavy (non-hydrogen) atoms. The van der Waals surface area contributed by atoms with Gasteiger partial charge in [-0.05, 0) is 51.1 Å². The molecule has 1 aromatic rings. The van der Waals surface area contributed by atoms with Gasteiger partial charge in [-0.3, -0.25) is 15.0 Å². The van der Waals surface area contributed by atoms with Crippen LogP contribution in [0.5, 0.6) is 0 Å². The van der Waals surface area contributed by atoms with Gasteiger partial charge in [-0.1, -0.05) is 6.42 Å². The van der Waals surface area contributed by atoms with Crippen molar-refractivity contribution in [2.24, 2.45) is 5.10 Å². The van der Waals surface area contributed by atoms with Crippen LogP contribution >= 0.6 is 0 Å². The summed E-state index contributed by atoms with van der Waals surface area (Å²) in [4.78, 5) is 24.3. The molecule has 2 fully saturated rings. The molecule has 1 amide bonds. The summed E-state index contributed by atoms with van der Waals surface area (Å²) in [5.41, 5.74) is 0.569. The molecule has 2 saturated heterocycles. The van der Waals surface area contributed by atoms with Crippen LogP contribution in [-0.2, 0) is 4.74 Å². The first-order valence-corrected chi connectivity index (χ1v) is 8.69. The number of rotatable bonds is 6. The van der Waals surface area contributed by atoms with Crippen LogP contribution in [-0.4, -0.2) is 58.9 Å². The van der Waals surface area contributed by atoms with E-state index in [4.69, 9.17) is 9.15 Å². The van der Waals surface area contributed by atoms with E-state index in [1.54, 1.807) is 19.1 Å². The molecule has 3 heterocycles. The van der Waals surface area contributed by atoms with E-state index < -0.39 is 11.0 Å². The van der Waals surface area contributed by atoms with Crippen LogP contribution in [0.4, 0.5) is 10.7 Å². The summed E-state index contributed by atoms with van der Waals surface area (Å²) in [6.45, 7) is 5.00. The maximum absolute atomic E-state index is 12.0. The van der Waals surface area contributed by atoms with Gasteiger partial charge >= 0.3 is 12.0 Å². The molecule has 0 aliphatic carbocycles. The van der Waals surface area contributed by atoms with E-state index >= 15 is 0 Å². The number of hydrogen-bond acceptors (Lipinski definition) is 7. The van der Waals surface area contributed by atoms with E-state index in [0.717, 1.165) is 19.6 Å². The first-order chi connectivity index (χ1) is 12.5. The van der Waals surface area contributed by atoms with E-state index in [1.165, 1.54) is 36.4 Å². The Morgan fingerprint density at radius 1 is 1.38 bits per heavy atom. The number of allylic oxidation sites excluding steroid dienone is 1. The second-order valence-electron chi connectivity index (χ2n) is 6.46. The van der Waals surface area contributed by atoms with Crippen molar-refractivity contribution in [3.8, 4) is 0 Å². The Kier molecular flexibility index (Phi) is 5.67. The molecule has 0 aromatic carbocycles. The number of cyclic esters (lactones) is 1. The summed E-state index contributed by atoms with van der Waals surface area (Å²) in [6, 6.07) is 2.79. The third-order valence-electron chi connectivity index (χ3n) is 4.33. The molecule has 1 atom stereocenters. The predicted molar refractivity (Wildman–Crippen MR) is 94.8 cm³/mol. The molecule has 0 radical (unpaired) electrons. The summed E-state index contributed by atoms with van der Waals surface area (Å²) in [5, 5.41) is 16.2. The highest BCUT2D eigenvalue weighted by Gasteiger charge is 2.32. The molecule has 0 N–H and O–H groups in total. The number of likely N-dealkylation sites (tertiary alicyclic amines) is 1. The highest BCUT2D eigenvalue weighted by Crippen LogP contribution is 2.18. The molecule has 2 aliphatic rings. The lowest BCUT2D eigenvalue weighted by Gasteiger charge is -2.27. The van der Waals surface area contributed by atoms with Crippen molar-refractivity contribution >= 4 is 23.8 Å². The number of amides is 1. The first kappa shape index (κ1) is 18.1. The minimum atomic E-state index is -0.596.